The lowest BCUT2D eigenvalue weighted by atomic mass is 10.2. The Labute approximate surface area is 193 Å². The molecule has 3 aromatic carbocycles. The number of carbonyl (C=O) groups excluding carboxylic acids is 1. The van der Waals surface area contributed by atoms with Crippen LogP contribution in [-0.4, -0.2) is 17.2 Å². The number of hydrogen-bond donors (Lipinski definition) is 2. The predicted molar refractivity (Wildman–Crippen MR) is 123 cm³/mol. The Kier molecular flexibility index (Phi) is 7.46. The maximum Gasteiger partial charge on any atom is 0.275 e. The molecule has 3 aromatic rings. The number of hydrogen-bond acceptors (Lipinski definition) is 4. The number of amides is 1. The Hall–Kier alpha value is -2.16. The van der Waals surface area contributed by atoms with Crippen LogP contribution < -0.4 is 10.2 Å². The molecule has 29 heavy (non-hydrogen) atoms. The Morgan fingerprint density at radius 3 is 2.45 bits per heavy atom. The summed E-state index contributed by atoms with van der Waals surface area (Å²) in [5, 5.41) is 13.7. The van der Waals surface area contributed by atoms with Gasteiger partial charge in [-0.1, -0.05) is 44.0 Å². The molecule has 0 aliphatic rings. The number of carbonyl (C=O) groups is 1. The van der Waals surface area contributed by atoms with E-state index in [4.69, 9.17) is 4.74 Å². The fraction of sp³-hybridized carbons (Fsp3) is 0.0476. The van der Waals surface area contributed by atoms with Gasteiger partial charge in [0.2, 0.25) is 0 Å². The van der Waals surface area contributed by atoms with Crippen molar-refractivity contribution in [1.29, 1.82) is 0 Å². The van der Waals surface area contributed by atoms with Crippen LogP contribution >= 0.6 is 47.8 Å². The second-order valence-electron chi connectivity index (χ2n) is 5.97. The Morgan fingerprint density at radius 2 is 1.72 bits per heavy atom. The summed E-state index contributed by atoms with van der Waals surface area (Å²) in [6, 6.07) is 18.0. The van der Waals surface area contributed by atoms with Gasteiger partial charge in [-0.15, -0.1) is 0 Å². The van der Waals surface area contributed by atoms with Gasteiger partial charge in [-0.3, -0.25) is 4.79 Å². The van der Waals surface area contributed by atoms with E-state index in [1.165, 1.54) is 18.3 Å². The average molecular weight is 583 g/mol. The van der Waals surface area contributed by atoms with Crippen molar-refractivity contribution >= 4 is 59.9 Å². The van der Waals surface area contributed by atoms with Crippen LogP contribution in [0.5, 0.6) is 11.5 Å². The molecule has 0 radical (unpaired) electrons. The molecule has 0 atom stereocenters. The van der Waals surface area contributed by atoms with Gasteiger partial charge in [0.1, 0.15) is 18.1 Å². The van der Waals surface area contributed by atoms with E-state index < -0.39 is 5.91 Å². The van der Waals surface area contributed by atoms with Crippen molar-refractivity contribution in [2.45, 2.75) is 6.61 Å². The molecule has 0 saturated carbocycles. The van der Waals surface area contributed by atoms with Gasteiger partial charge in [0.05, 0.1) is 16.3 Å². The lowest BCUT2D eigenvalue weighted by molar-refractivity contribution is 0.0952. The molecule has 1 amide bonds. The van der Waals surface area contributed by atoms with E-state index in [2.05, 4.69) is 58.3 Å². The molecule has 0 aromatic heterocycles. The van der Waals surface area contributed by atoms with Crippen molar-refractivity contribution in [1.82, 2.24) is 5.43 Å². The van der Waals surface area contributed by atoms with Gasteiger partial charge in [0.15, 0.2) is 0 Å². The fourth-order valence-corrected chi connectivity index (χ4v) is 3.51. The van der Waals surface area contributed by atoms with E-state index in [0.29, 0.717) is 16.8 Å². The second-order valence-corrected chi connectivity index (χ2v) is 8.65. The number of nitrogens with zero attached hydrogens (tertiary/aromatic N) is 1. The van der Waals surface area contributed by atoms with Crippen LogP contribution in [0.2, 0.25) is 0 Å². The van der Waals surface area contributed by atoms with E-state index in [1.54, 1.807) is 6.07 Å². The fourth-order valence-electron chi connectivity index (χ4n) is 2.37. The molecule has 0 unspecified atom stereocenters. The third-order valence-corrected chi connectivity index (χ3v) is 5.49. The standard InChI is InChI=1S/C21H15Br3N2O3/c22-15-4-1-13(2-5-15)12-29-20-8-3-14(9-18(20)24)11-25-26-21(28)17-10-16(23)6-7-19(17)27/h1-11,27H,12H2,(H,26,28)/b25-11+. The summed E-state index contributed by atoms with van der Waals surface area (Å²) in [5.41, 5.74) is 4.36. The van der Waals surface area contributed by atoms with Crippen LogP contribution in [0, 0.1) is 0 Å². The van der Waals surface area contributed by atoms with Crippen LogP contribution in [0.25, 0.3) is 0 Å². The van der Waals surface area contributed by atoms with E-state index in [0.717, 1.165) is 20.1 Å². The number of rotatable bonds is 6. The van der Waals surface area contributed by atoms with Crippen LogP contribution in [0.15, 0.2) is 79.2 Å². The summed E-state index contributed by atoms with van der Waals surface area (Å²) in [6.45, 7) is 0.450. The molecule has 8 heteroatoms. The Balaban J connectivity index is 1.60. The van der Waals surface area contributed by atoms with Crippen molar-refractivity contribution in [2.24, 2.45) is 5.10 Å². The minimum Gasteiger partial charge on any atom is -0.507 e. The lowest BCUT2D eigenvalue weighted by Crippen LogP contribution is -2.17. The van der Waals surface area contributed by atoms with E-state index in [9.17, 15) is 9.90 Å². The average Bonchev–Trinajstić information content (AvgIpc) is 2.70. The topological polar surface area (TPSA) is 70.9 Å². The highest BCUT2D eigenvalue weighted by molar-refractivity contribution is 9.11. The number of halogens is 3. The molecule has 5 nitrogen and oxygen atoms in total. The highest BCUT2D eigenvalue weighted by Crippen LogP contribution is 2.26. The van der Waals surface area contributed by atoms with Crippen LogP contribution in [0.3, 0.4) is 0 Å². The zero-order valence-electron chi connectivity index (χ0n) is 14.9. The van der Waals surface area contributed by atoms with Crippen LogP contribution in [0.4, 0.5) is 0 Å². The molecular formula is C21H15Br3N2O3. The SMILES string of the molecule is O=C(N/N=C/c1ccc(OCc2ccc(Br)cc2)c(Br)c1)c1cc(Br)ccc1O. The van der Waals surface area contributed by atoms with Gasteiger partial charge in [-0.2, -0.15) is 5.10 Å². The third kappa shape index (κ3) is 6.16. The summed E-state index contributed by atoms with van der Waals surface area (Å²) in [6.07, 6.45) is 1.51. The molecule has 0 aliphatic heterocycles. The summed E-state index contributed by atoms with van der Waals surface area (Å²) >= 11 is 10.2. The minimum absolute atomic E-state index is 0.115. The van der Waals surface area contributed by atoms with Gasteiger partial charge < -0.3 is 9.84 Å². The monoisotopic (exact) mass is 580 g/mol. The van der Waals surface area contributed by atoms with Gasteiger partial charge in [-0.25, -0.2) is 5.43 Å². The number of aromatic hydroxyl groups is 1. The number of hydrazone groups is 1. The number of nitrogens with one attached hydrogen (secondary N) is 1. The van der Waals surface area contributed by atoms with Crippen molar-refractivity contribution in [3.8, 4) is 11.5 Å². The minimum atomic E-state index is -0.506. The van der Waals surface area contributed by atoms with E-state index in [1.807, 2.05) is 42.5 Å². The predicted octanol–water partition coefficient (Wildman–Crippen LogP) is 6.02. The normalized spacial score (nSPS) is 10.9. The summed E-state index contributed by atoms with van der Waals surface area (Å²) in [4.78, 5) is 12.1. The molecule has 148 valence electrons. The summed E-state index contributed by atoms with van der Waals surface area (Å²) in [5.74, 6) is 0.0812. The molecule has 2 N–H and O–H groups in total. The highest BCUT2D eigenvalue weighted by atomic mass is 79.9. The highest BCUT2D eigenvalue weighted by Gasteiger charge is 2.10. The zero-order chi connectivity index (χ0) is 20.8. The number of phenolic OH excluding ortho intramolecular Hbond substituents is 1. The number of benzene rings is 3. The quantitative estimate of drug-likeness (QED) is 0.276. The molecule has 0 aliphatic carbocycles. The van der Waals surface area contributed by atoms with Gasteiger partial charge in [-0.05, 0) is 75.6 Å². The first-order valence-electron chi connectivity index (χ1n) is 8.41. The molecule has 0 heterocycles. The maximum absolute atomic E-state index is 12.1. The molecule has 3 rings (SSSR count). The van der Waals surface area contributed by atoms with Crippen LogP contribution in [0.1, 0.15) is 21.5 Å². The Bertz CT molecular complexity index is 1050. The van der Waals surface area contributed by atoms with Crippen molar-refractivity contribution < 1.29 is 14.6 Å². The van der Waals surface area contributed by atoms with Crippen LogP contribution in [-0.2, 0) is 6.61 Å². The molecular weight excluding hydrogens is 568 g/mol. The lowest BCUT2D eigenvalue weighted by Gasteiger charge is -2.09. The largest absolute Gasteiger partial charge is 0.507 e. The van der Waals surface area contributed by atoms with E-state index >= 15 is 0 Å². The molecule has 0 spiro atoms. The molecule has 0 saturated heterocycles. The number of ether oxygens (including phenoxy) is 1. The summed E-state index contributed by atoms with van der Waals surface area (Å²) < 4.78 is 8.32. The summed E-state index contributed by atoms with van der Waals surface area (Å²) in [7, 11) is 0. The maximum atomic E-state index is 12.1. The van der Waals surface area contributed by atoms with Gasteiger partial charge in [0, 0.05) is 8.95 Å². The molecule has 0 fully saturated rings. The van der Waals surface area contributed by atoms with Crippen molar-refractivity contribution in [3.05, 3.63) is 90.8 Å². The first-order valence-corrected chi connectivity index (χ1v) is 10.8. The third-order valence-electron chi connectivity index (χ3n) is 3.85. The second kappa shape index (κ2) is 10.0. The Morgan fingerprint density at radius 1 is 1.00 bits per heavy atom. The van der Waals surface area contributed by atoms with Crippen molar-refractivity contribution in [2.75, 3.05) is 0 Å². The van der Waals surface area contributed by atoms with E-state index in [-0.39, 0.29) is 11.3 Å². The first kappa shape index (κ1) is 21.5. The van der Waals surface area contributed by atoms with Crippen molar-refractivity contribution in [3.63, 3.8) is 0 Å². The van der Waals surface area contributed by atoms with Gasteiger partial charge in [0.25, 0.3) is 5.91 Å². The number of phenols is 1. The van der Waals surface area contributed by atoms with Gasteiger partial charge >= 0.3 is 0 Å². The zero-order valence-corrected chi connectivity index (χ0v) is 19.7. The molecule has 0 bridgehead atoms. The smallest absolute Gasteiger partial charge is 0.275 e. The first-order chi connectivity index (χ1) is 13.9.